The number of ether oxygens (including phenoxy) is 1. The van der Waals surface area contributed by atoms with Gasteiger partial charge in [-0.15, -0.1) is 0 Å². The Bertz CT molecular complexity index is 896. The molecule has 2 atom stereocenters. The molecule has 2 unspecified atom stereocenters. The van der Waals surface area contributed by atoms with E-state index in [1.165, 1.54) is 5.56 Å². The smallest absolute Gasteiger partial charge is 0.225 e. The number of aliphatic imine (C=N–C) groups is 1. The van der Waals surface area contributed by atoms with Gasteiger partial charge in [0.05, 0.1) is 13.2 Å². The Labute approximate surface area is 171 Å². The van der Waals surface area contributed by atoms with Crippen LogP contribution >= 0.6 is 0 Å². The van der Waals surface area contributed by atoms with E-state index in [4.69, 9.17) is 9.73 Å². The van der Waals surface area contributed by atoms with Crippen molar-refractivity contribution in [2.45, 2.75) is 31.6 Å². The van der Waals surface area contributed by atoms with E-state index in [2.05, 4.69) is 41.1 Å². The van der Waals surface area contributed by atoms with Gasteiger partial charge in [0.1, 0.15) is 5.75 Å². The van der Waals surface area contributed by atoms with Gasteiger partial charge < -0.3 is 20.7 Å². The molecule has 0 aromatic heterocycles. The van der Waals surface area contributed by atoms with Gasteiger partial charge in [-0.25, -0.2) is 0 Å². The molecule has 2 aromatic carbocycles. The van der Waals surface area contributed by atoms with Crippen molar-refractivity contribution in [2.75, 3.05) is 31.6 Å². The fourth-order valence-corrected chi connectivity index (χ4v) is 4.06. The van der Waals surface area contributed by atoms with E-state index < -0.39 is 0 Å². The van der Waals surface area contributed by atoms with Crippen LogP contribution in [0.5, 0.6) is 5.75 Å². The van der Waals surface area contributed by atoms with Gasteiger partial charge in [0.25, 0.3) is 0 Å². The molecular weight excluding hydrogens is 364 g/mol. The maximum atomic E-state index is 12.1. The summed E-state index contributed by atoms with van der Waals surface area (Å²) >= 11 is 0. The third-order valence-corrected chi connectivity index (χ3v) is 5.52. The Morgan fingerprint density at radius 3 is 2.76 bits per heavy atom. The Balaban J connectivity index is 1.43. The lowest BCUT2D eigenvalue weighted by atomic mass is 9.91. The summed E-state index contributed by atoms with van der Waals surface area (Å²) in [5.74, 6) is 2.32. The van der Waals surface area contributed by atoms with Crippen molar-refractivity contribution in [1.29, 1.82) is 0 Å². The van der Waals surface area contributed by atoms with Gasteiger partial charge in [-0.3, -0.25) is 9.79 Å². The first-order valence-electron chi connectivity index (χ1n) is 10.4. The molecule has 0 bridgehead atoms. The van der Waals surface area contributed by atoms with Crippen LogP contribution in [-0.4, -0.2) is 38.1 Å². The number of para-hydroxylation sites is 2. The first kappa shape index (κ1) is 19.3. The predicted octanol–water partition coefficient (Wildman–Crippen LogP) is 3.23. The maximum absolute atomic E-state index is 12.1. The molecule has 1 amide bonds. The van der Waals surface area contributed by atoms with E-state index in [1.807, 2.05) is 30.3 Å². The molecule has 0 fully saturated rings. The van der Waals surface area contributed by atoms with E-state index in [0.717, 1.165) is 49.1 Å². The fourth-order valence-electron chi connectivity index (χ4n) is 4.06. The minimum atomic E-state index is 0.0562. The molecule has 0 radical (unpaired) electrons. The lowest BCUT2D eigenvalue weighted by Gasteiger charge is -2.27. The summed E-state index contributed by atoms with van der Waals surface area (Å²) in [4.78, 5) is 16.8. The molecule has 2 heterocycles. The number of hydrogen-bond donors (Lipinski definition) is 3. The van der Waals surface area contributed by atoms with E-state index in [1.54, 1.807) is 0 Å². The summed E-state index contributed by atoms with van der Waals surface area (Å²) < 4.78 is 5.77. The Hall–Kier alpha value is -3.02. The number of anilines is 1. The highest BCUT2D eigenvalue weighted by atomic mass is 16.5. The van der Waals surface area contributed by atoms with Crippen LogP contribution in [0.2, 0.25) is 0 Å². The molecule has 6 heteroatoms. The summed E-state index contributed by atoms with van der Waals surface area (Å²) in [7, 11) is 0. The number of amides is 1. The minimum absolute atomic E-state index is 0.0562. The lowest BCUT2D eigenvalue weighted by Crippen LogP contribution is -2.40. The Kier molecular flexibility index (Phi) is 5.98. The minimum Gasteiger partial charge on any atom is -0.493 e. The molecule has 0 spiro atoms. The average Bonchev–Trinajstić information content (AvgIpc) is 2.75. The van der Waals surface area contributed by atoms with Crippen LogP contribution in [0.1, 0.15) is 42.7 Å². The monoisotopic (exact) mass is 392 g/mol. The van der Waals surface area contributed by atoms with Crippen LogP contribution < -0.4 is 20.7 Å². The molecular formula is C23H28N4O2. The molecule has 29 heavy (non-hydrogen) atoms. The van der Waals surface area contributed by atoms with Crippen LogP contribution in [-0.2, 0) is 4.79 Å². The van der Waals surface area contributed by atoms with Gasteiger partial charge in [-0.2, -0.15) is 0 Å². The molecule has 2 aliphatic heterocycles. The lowest BCUT2D eigenvalue weighted by molar-refractivity contribution is -0.116. The SMILES string of the molecule is CCNC(=NCC1CC(=O)Nc2ccccc21)NCC1CCOc2ccccc21. The van der Waals surface area contributed by atoms with Gasteiger partial charge >= 0.3 is 0 Å². The van der Waals surface area contributed by atoms with Crippen molar-refractivity contribution < 1.29 is 9.53 Å². The molecule has 3 N–H and O–H groups in total. The maximum Gasteiger partial charge on any atom is 0.225 e. The number of nitrogens with zero attached hydrogens (tertiary/aromatic N) is 1. The van der Waals surface area contributed by atoms with Crippen LogP contribution in [0.3, 0.4) is 0 Å². The Morgan fingerprint density at radius 2 is 1.90 bits per heavy atom. The second-order valence-corrected chi connectivity index (χ2v) is 7.51. The molecule has 2 aliphatic rings. The average molecular weight is 393 g/mol. The van der Waals surface area contributed by atoms with Crippen molar-refractivity contribution in [3.05, 3.63) is 59.7 Å². The summed E-state index contributed by atoms with van der Waals surface area (Å²) in [6.07, 6.45) is 1.45. The summed E-state index contributed by atoms with van der Waals surface area (Å²) in [5.41, 5.74) is 3.31. The molecule has 6 nitrogen and oxygen atoms in total. The predicted molar refractivity (Wildman–Crippen MR) is 116 cm³/mol. The number of carbonyl (C=O) groups is 1. The zero-order valence-corrected chi connectivity index (χ0v) is 16.8. The van der Waals surface area contributed by atoms with E-state index in [9.17, 15) is 4.79 Å². The van der Waals surface area contributed by atoms with Gasteiger partial charge in [-0.1, -0.05) is 36.4 Å². The number of fused-ring (bicyclic) bond motifs is 2. The Morgan fingerprint density at radius 1 is 1.10 bits per heavy atom. The van der Waals surface area contributed by atoms with Gasteiger partial charge in [0.15, 0.2) is 5.96 Å². The van der Waals surface area contributed by atoms with Crippen LogP contribution in [0.4, 0.5) is 5.69 Å². The highest BCUT2D eigenvalue weighted by Gasteiger charge is 2.25. The fraction of sp³-hybridized carbons (Fsp3) is 0.391. The quantitative estimate of drug-likeness (QED) is 0.539. The highest BCUT2D eigenvalue weighted by molar-refractivity contribution is 5.94. The van der Waals surface area contributed by atoms with Gasteiger partial charge in [0.2, 0.25) is 5.91 Å². The summed E-state index contributed by atoms with van der Waals surface area (Å²) in [6, 6.07) is 16.2. The number of guanidine groups is 1. The van der Waals surface area contributed by atoms with E-state index >= 15 is 0 Å². The number of benzene rings is 2. The third kappa shape index (κ3) is 4.53. The number of nitrogens with one attached hydrogen (secondary N) is 3. The number of hydrogen-bond acceptors (Lipinski definition) is 3. The van der Waals surface area contributed by atoms with E-state index in [0.29, 0.717) is 18.9 Å². The highest BCUT2D eigenvalue weighted by Crippen LogP contribution is 2.33. The van der Waals surface area contributed by atoms with Crippen LogP contribution in [0.15, 0.2) is 53.5 Å². The molecule has 152 valence electrons. The second-order valence-electron chi connectivity index (χ2n) is 7.51. The van der Waals surface area contributed by atoms with Gasteiger partial charge in [0, 0.05) is 37.0 Å². The summed E-state index contributed by atoms with van der Waals surface area (Å²) in [5, 5.41) is 9.77. The van der Waals surface area contributed by atoms with Gasteiger partial charge in [-0.05, 0) is 36.6 Å². The van der Waals surface area contributed by atoms with Crippen molar-refractivity contribution in [3.63, 3.8) is 0 Å². The normalized spacial score (nSPS) is 20.7. The standard InChI is InChI=1S/C23H28N4O2/c1-2-24-23(25-14-16-11-12-29-21-10-6-4-8-19(16)21)26-15-17-13-22(28)27-20-9-5-3-7-18(17)20/h3-10,16-17H,2,11-15H2,1H3,(H,27,28)(H2,24,25,26). The number of rotatable bonds is 5. The molecule has 0 aliphatic carbocycles. The molecule has 4 rings (SSSR count). The topological polar surface area (TPSA) is 74.8 Å². The zero-order valence-electron chi connectivity index (χ0n) is 16.8. The first-order valence-corrected chi connectivity index (χ1v) is 10.4. The molecule has 0 saturated carbocycles. The van der Waals surface area contributed by atoms with Crippen molar-refractivity contribution >= 4 is 17.6 Å². The van der Waals surface area contributed by atoms with Crippen molar-refractivity contribution in [2.24, 2.45) is 4.99 Å². The molecule has 2 aromatic rings. The second kappa shape index (κ2) is 8.99. The zero-order chi connectivity index (χ0) is 20.1. The van der Waals surface area contributed by atoms with Crippen molar-refractivity contribution in [3.8, 4) is 5.75 Å². The summed E-state index contributed by atoms with van der Waals surface area (Å²) in [6.45, 7) is 4.96. The molecule has 0 saturated heterocycles. The first-order chi connectivity index (χ1) is 14.2. The van der Waals surface area contributed by atoms with E-state index in [-0.39, 0.29) is 11.8 Å². The third-order valence-electron chi connectivity index (χ3n) is 5.52. The largest absolute Gasteiger partial charge is 0.493 e. The number of carbonyl (C=O) groups excluding carboxylic acids is 1. The van der Waals surface area contributed by atoms with Crippen molar-refractivity contribution in [1.82, 2.24) is 10.6 Å². The van der Waals surface area contributed by atoms with Crippen LogP contribution in [0.25, 0.3) is 0 Å². The van der Waals surface area contributed by atoms with Crippen LogP contribution in [0, 0.1) is 0 Å².